The Bertz CT molecular complexity index is 324. The average molecular weight is 211 g/mol. The minimum atomic E-state index is -0.888. The van der Waals surface area contributed by atoms with Crippen molar-refractivity contribution >= 4 is 5.97 Å². The highest BCUT2D eigenvalue weighted by molar-refractivity contribution is 5.73. The first kappa shape index (κ1) is 11.7. The normalized spacial score (nSPS) is 12.4. The fourth-order valence-corrected chi connectivity index (χ4v) is 1.35. The molecule has 0 radical (unpaired) electrons. The van der Waals surface area contributed by atoms with E-state index in [1.165, 1.54) is 12.1 Å². The zero-order valence-electron chi connectivity index (χ0n) is 8.53. The lowest BCUT2D eigenvalue weighted by Crippen LogP contribution is -2.38. The van der Waals surface area contributed by atoms with Gasteiger partial charge in [0.1, 0.15) is 11.9 Å². The molecule has 2 N–H and O–H groups in total. The first-order valence-electron chi connectivity index (χ1n) is 4.84. The first-order chi connectivity index (χ1) is 7.13. The first-order valence-corrected chi connectivity index (χ1v) is 4.84. The van der Waals surface area contributed by atoms with Gasteiger partial charge in [-0.2, -0.15) is 0 Å². The third-order valence-corrected chi connectivity index (χ3v) is 2.10. The second kappa shape index (κ2) is 5.46. The Hall–Kier alpha value is -1.42. The number of nitrogens with one attached hydrogen (secondary N) is 1. The number of hydrogen-bond acceptors (Lipinski definition) is 2. The molecule has 0 aromatic heterocycles. The lowest BCUT2D eigenvalue weighted by atomic mass is 10.1. The van der Waals surface area contributed by atoms with Crippen molar-refractivity contribution in [1.82, 2.24) is 5.32 Å². The SMILES string of the molecule is CCN[C@@H](Cc1ccc(F)cc1)C(=O)O. The number of halogens is 1. The van der Waals surface area contributed by atoms with Crippen LogP contribution in [0.25, 0.3) is 0 Å². The summed E-state index contributed by atoms with van der Waals surface area (Å²) in [5.74, 6) is -1.20. The summed E-state index contributed by atoms with van der Waals surface area (Å²) in [6.07, 6.45) is 0.365. The summed E-state index contributed by atoms with van der Waals surface area (Å²) in [4.78, 5) is 10.8. The fraction of sp³-hybridized carbons (Fsp3) is 0.364. The van der Waals surface area contributed by atoms with Gasteiger partial charge in [0, 0.05) is 0 Å². The molecule has 0 spiro atoms. The predicted molar refractivity (Wildman–Crippen MR) is 55.2 cm³/mol. The molecular formula is C11H14FNO2. The van der Waals surface area contributed by atoms with Crippen molar-refractivity contribution in [3.63, 3.8) is 0 Å². The van der Waals surface area contributed by atoms with Crippen molar-refractivity contribution in [2.75, 3.05) is 6.54 Å². The zero-order valence-corrected chi connectivity index (χ0v) is 8.53. The van der Waals surface area contributed by atoms with E-state index < -0.39 is 12.0 Å². The van der Waals surface area contributed by atoms with Crippen LogP contribution in [0.4, 0.5) is 4.39 Å². The van der Waals surface area contributed by atoms with Gasteiger partial charge < -0.3 is 10.4 Å². The minimum absolute atomic E-state index is 0.311. The minimum Gasteiger partial charge on any atom is -0.480 e. The fourth-order valence-electron chi connectivity index (χ4n) is 1.35. The molecule has 0 bridgehead atoms. The summed E-state index contributed by atoms with van der Waals surface area (Å²) in [6, 6.07) is 5.26. The summed E-state index contributed by atoms with van der Waals surface area (Å²) in [5, 5.41) is 11.7. The zero-order chi connectivity index (χ0) is 11.3. The van der Waals surface area contributed by atoms with E-state index in [1.54, 1.807) is 12.1 Å². The van der Waals surface area contributed by atoms with Gasteiger partial charge in [0.15, 0.2) is 0 Å². The van der Waals surface area contributed by atoms with E-state index in [9.17, 15) is 9.18 Å². The summed E-state index contributed by atoms with van der Waals surface area (Å²) in [5.41, 5.74) is 0.810. The van der Waals surface area contributed by atoms with Crippen LogP contribution in [0.5, 0.6) is 0 Å². The lowest BCUT2D eigenvalue weighted by Gasteiger charge is -2.12. The van der Waals surface area contributed by atoms with Crippen LogP contribution in [0.2, 0.25) is 0 Å². The lowest BCUT2D eigenvalue weighted by molar-refractivity contribution is -0.139. The number of hydrogen-bond donors (Lipinski definition) is 2. The van der Waals surface area contributed by atoms with Crippen molar-refractivity contribution in [2.45, 2.75) is 19.4 Å². The number of aliphatic carboxylic acids is 1. The molecule has 15 heavy (non-hydrogen) atoms. The molecular weight excluding hydrogens is 197 g/mol. The highest BCUT2D eigenvalue weighted by Crippen LogP contribution is 2.06. The van der Waals surface area contributed by atoms with Crippen molar-refractivity contribution in [1.29, 1.82) is 0 Å². The largest absolute Gasteiger partial charge is 0.480 e. The maximum absolute atomic E-state index is 12.6. The summed E-state index contributed by atoms with van der Waals surface area (Å²) in [6.45, 7) is 2.44. The molecule has 0 aliphatic carbocycles. The predicted octanol–water partition coefficient (Wildman–Crippen LogP) is 1.43. The molecule has 0 aliphatic rings. The molecule has 1 aromatic carbocycles. The number of carboxylic acid groups (broad SMARTS) is 1. The van der Waals surface area contributed by atoms with Gasteiger partial charge in [0.05, 0.1) is 0 Å². The summed E-state index contributed by atoms with van der Waals surface area (Å²) >= 11 is 0. The third kappa shape index (κ3) is 3.67. The van der Waals surface area contributed by atoms with Crippen LogP contribution in [-0.2, 0) is 11.2 Å². The highest BCUT2D eigenvalue weighted by Gasteiger charge is 2.15. The molecule has 4 heteroatoms. The van der Waals surface area contributed by atoms with E-state index in [4.69, 9.17) is 5.11 Å². The van der Waals surface area contributed by atoms with Gasteiger partial charge >= 0.3 is 5.97 Å². The molecule has 1 atom stereocenters. The summed E-state index contributed by atoms with van der Waals surface area (Å²) < 4.78 is 12.6. The number of benzene rings is 1. The molecule has 0 fully saturated rings. The number of rotatable bonds is 5. The third-order valence-electron chi connectivity index (χ3n) is 2.10. The second-order valence-electron chi connectivity index (χ2n) is 3.28. The van der Waals surface area contributed by atoms with Crippen LogP contribution in [0.15, 0.2) is 24.3 Å². The van der Waals surface area contributed by atoms with Crippen LogP contribution in [0.3, 0.4) is 0 Å². The van der Waals surface area contributed by atoms with Crippen molar-refractivity contribution in [3.8, 4) is 0 Å². The van der Waals surface area contributed by atoms with Gasteiger partial charge in [-0.05, 0) is 30.7 Å². The molecule has 0 amide bonds. The molecule has 82 valence electrons. The van der Waals surface area contributed by atoms with E-state index in [0.29, 0.717) is 13.0 Å². The molecule has 0 heterocycles. The van der Waals surface area contributed by atoms with Gasteiger partial charge in [-0.3, -0.25) is 4.79 Å². The van der Waals surface area contributed by atoms with Crippen molar-refractivity contribution < 1.29 is 14.3 Å². The number of carbonyl (C=O) groups is 1. The maximum Gasteiger partial charge on any atom is 0.321 e. The van der Waals surface area contributed by atoms with Crippen molar-refractivity contribution in [3.05, 3.63) is 35.6 Å². The number of likely N-dealkylation sites (N-methyl/N-ethyl adjacent to an activating group) is 1. The average Bonchev–Trinajstić information content (AvgIpc) is 2.20. The molecule has 0 saturated carbocycles. The van der Waals surface area contributed by atoms with E-state index >= 15 is 0 Å². The van der Waals surface area contributed by atoms with E-state index in [2.05, 4.69) is 5.32 Å². The Morgan fingerprint density at radius 2 is 2.07 bits per heavy atom. The van der Waals surface area contributed by atoms with Crippen LogP contribution in [0, 0.1) is 5.82 Å². The Labute approximate surface area is 87.9 Å². The van der Waals surface area contributed by atoms with Crippen LogP contribution < -0.4 is 5.32 Å². The molecule has 0 unspecified atom stereocenters. The molecule has 3 nitrogen and oxygen atoms in total. The molecule has 0 saturated heterocycles. The quantitative estimate of drug-likeness (QED) is 0.774. The van der Waals surface area contributed by atoms with E-state index in [1.807, 2.05) is 6.92 Å². The van der Waals surface area contributed by atoms with Crippen LogP contribution >= 0.6 is 0 Å². The standard InChI is InChI=1S/C11H14FNO2/c1-2-13-10(11(14)15)7-8-3-5-9(12)6-4-8/h3-6,10,13H,2,7H2,1H3,(H,14,15)/t10-/m0/s1. The van der Waals surface area contributed by atoms with Gasteiger partial charge in [-0.25, -0.2) is 4.39 Å². The van der Waals surface area contributed by atoms with Gasteiger partial charge in [-0.15, -0.1) is 0 Å². The maximum atomic E-state index is 12.6. The molecule has 1 rings (SSSR count). The van der Waals surface area contributed by atoms with Gasteiger partial charge in [0.25, 0.3) is 0 Å². The summed E-state index contributed by atoms with van der Waals surface area (Å²) in [7, 11) is 0. The van der Waals surface area contributed by atoms with Crippen LogP contribution in [0.1, 0.15) is 12.5 Å². The topological polar surface area (TPSA) is 49.3 Å². The van der Waals surface area contributed by atoms with E-state index in [0.717, 1.165) is 5.56 Å². The Balaban J connectivity index is 2.65. The van der Waals surface area contributed by atoms with E-state index in [-0.39, 0.29) is 5.82 Å². The number of carboxylic acids is 1. The Morgan fingerprint density at radius 3 is 2.53 bits per heavy atom. The van der Waals surface area contributed by atoms with Crippen LogP contribution in [-0.4, -0.2) is 23.7 Å². The van der Waals surface area contributed by atoms with Crippen molar-refractivity contribution in [2.24, 2.45) is 0 Å². The second-order valence-corrected chi connectivity index (χ2v) is 3.28. The Morgan fingerprint density at radius 1 is 1.47 bits per heavy atom. The molecule has 0 aliphatic heterocycles. The Kier molecular flexibility index (Phi) is 4.24. The van der Waals surface area contributed by atoms with Gasteiger partial charge in [-0.1, -0.05) is 19.1 Å². The highest BCUT2D eigenvalue weighted by atomic mass is 19.1. The smallest absolute Gasteiger partial charge is 0.321 e. The monoisotopic (exact) mass is 211 g/mol. The van der Waals surface area contributed by atoms with Gasteiger partial charge in [0.2, 0.25) is 0 Å². The molecule has 1 aromatic rings.